The Kier molecular flexibility index (Phi) is 3.92. The molecule has 0 aliphatic heterocycles. The second-order valence-corrected chi connectivity index (χ2v) is 4.39. The van der Waals surface area contributed by atoms with E-state index in [2.05, 4.69) is 22.6 Å². The fourth-order valence-electron chi connectivity index (χ4n) is 1.09. The molecule has 0 saturated carbocycles. The van der Waals surface area contributed by atoms with Crippen LogP contribution in [0.2, 0.25) is 0 Å². The van der Waals surface area contributed by atoms with E-state index < -0.39 is 0 Å². The molecule has 0 unspecified atom stereocenters. The van der Waals surface area contributed by atoms with Crippen molar-refractivity contribution in [2.24, 2.45) is 0 Å². The molecule has 0 heterocycles. The van der Waals surface area contributed by atoms with Crippen LogP contribution in [0.4, 0.5) is 0 Å². The second-order valence-electron chi connectivity index (χ2n) is 2.65. The predicted molar refractivity (Wildman–Crippen MR) is 64.1 cm³/mol. The van der Waals surface area contributed by atoms with E-state index in [1.165, 1.54) is 0 Å². The van der Waals surface area contributed by atoms with Crippen LogP contribution < -0.4 is 0 Å². The normalized spacial score (nSPS) is 10.0. The van der Waals surface area contributed by atoms with Crippen molar-refractivity contribution < 1.29 is 9.53 Å². The van der Waals surface area contributed by atoms with Gasteiger partial charge in [0.05, 0.1) is 22.0 Å². The third-order valence-electron chi connectivity index (χ3n) is 1.70. The molecule has 1 aromatic rings. The molecule has 0 spiro atoms. The number of hydrogen-bond acceptors (Lipinski definition) is 2. The summed E-state index contributed by atoms with van der Waals surface area (Å²) in [5.41, 5.74) is 1.69. The quantitative estimate of drug-likeness (QED) is 0.464. The van der Waals surface area contributed by atoms with Gasteiger partial charge in [0.1, 0.15) is 0 Å². The Hall–Kier alpha value is -0.363. The summed E-state index contributed by atoms with van der Waals surface area (Å²) < 4.78 is 5.96. The van der Waals surface area contributed by atoms with Crippen molar-refractivity contribution >= 4 is 38.8 Å². The van der Waals surface area contributed by atoms with E-state index in [0.717, 1.165) is 19.4 Å². The lowest BCUT2D eigenvalue weighted by Crippen LogP contribution is -2.09. The second kappa shape index (κ2) is 4.76. The average Bonchev–Trinajstić information content (AvgIpc) is 2.04. The van der Waals surface area contributed by atoms with Crippen LogP contribution in [0.3, 0.4) is 0 Å². The molecule has 0 bridgehead atoms. The van der Waals surface area contributed by atoms with Crippen LogP contribution in [-0.2, 0) is 4.74 Å². The maximum absolute atomic E-state index is 11.5. The number of hydrogen-bond donors (Lipinski definition) is 0. The number of benzene rings is 1. The number of carbonyl (C=O) groups is 1. The number of esters is 1. The van der Waals surface area contributed by atoms with Gasteiger partial charge in [-0.05, 0) is 41.1 Å². The van der Waals surface area contributed by atoms with Crippen LogP contribution in [0.15, 0.2) is 18.2 Å². The third-order valence-corrected chi connectivity index (χ3v) is 2.89. The van der Waals surface area contributed by atoms with Crippen LogP contribution in [0.1, 0.15) is 15.9 Å². The van der Waals surface area contributed by atoms with Gasteiger partial charge in [0.25, 0.3) is 0 Å². The lowest BCUT2D eigenvalue weighted by atomic mass is 10.1. The Balaban J connectivity index is 3.05. The first-order valence-corrected chi connectivity index (χ1v) is 6.58. The van der Waals surface area contributed by atoms with E-state index in [-0.39, 0.29) is 5.97 Å². The van der Waals surface area contributed by atoms with Crippen LogP contribution in [-0.4, -0.2) is 22.4 Å². The topological polar surface area (TPSA) is 26.3 Å². The molecule has 0 radical (unpaired) electrons. The van der Waals surface area contributed by atoms with Gasteiger partial charge in [-0.3, -0.25) is 0 Å². The molecule has 1 aromatic carbocycles. The van der Waals surface area contributed by atoms with Crippen LogP contribution in [0.5, 0.6) is 0 Å². The molecule has 0 aromatic heterocycles. The Morgan fingerprint density at radius 1 is 1.62 bits per heavy atom. The molecular weight excluding hydrogens is 295 g/mol. The fraction of sp³-hybridized carbons (Fsp3) is 0.222. The monoisotopic (exact) mass is 306 g/mol. The molecule has 0 fully saturated rings. The van der Waals surface area contributed by atoms with Gasteiger partial charge in [0, 0.05) is 3.57 Å². The molecule has 1 rings (SSSR count). The lowest BCUT2D eigenvalue weighted by Gasteiger charge is -2.06. The smallest absolute Gasteiger partial charge is 0.339 e. The summed E-state index contributed by atoms with van der Waals surface area (Å²) in [6.45, 7) is 1.92. The van der Waals surface area contributed by atoms with Gasteiger partial charge in [-0.25, -0.2) is 4.79 Å². The van der Waals surface area contributed by atoms with Crippen molar-refractivity contribution in [3.8, 4) is 0 Å². The van der Waals surface area contributed by atoms with Gasteiger partial charge in [-0.1, -0.05) is 12.1 Å². The maximum Gasteiger partial charge on any atom is 0.339 e. The van der Waals surface area contributed by atoms with E-state index in [1.54, 1.807) is 0 Å². The van der Waals surface area contributed by atoms with Crippen molar-refractivity contribution in [3.63, 3.8) is 0 Å². The summed E-state index contributed by atoms with van der Waals surface area (Å²) in [5.74, 6) is -0.197. The summed E-state index contributed by atoms with van der Waals surface area (Å²) >= 11 is 2.15. The Bertz CT molecular complexity index is 305. The molecule has 0 aliphatic rings. The van der Waals surface area contributed by atoms with Gasteiger partial charge in [0.15, 0.2) is 0 Å². The number of rotatable bonds is 2. The standard InChI is InChI=1S/C9H11IO2Si/c1-6-3-2-4-7(10)8(6)9(11)12-5-13/h2-4H,5H2,1,13H3. The lowest BCUT2D eigenvalue weighted by molar-refractivity contribution is 0.0571. The highest BCUT2D eigenvalue weighted by Crippen LogP contribution is 2.17. The van der Waals surface area contributed by atoms with Crippen molar-refractivity contribution in [2.75, 3.05) is 6.23 Å². The Labute approximate surface area is 94.2 Å². The van der Waals surface area contributed by atoms with Crippen molar-refractivity contribution in [2.45, 2.75) is 6.92 Å². The van der Waals surface area contributed by atoms with Crippen molar-refractivity contribution in [3.05, 3.63) is 32.9 Å². The molecule has 4 heteroatoms. The first-order chi connectivity index (χ1) is 6.16. The van der Waals surface area contributed by atoms with E-state index in [1.807, 2.05) is 25.1 Å². The van der Waals surface area contributed by atoms with Crippen LogP contribution >= 0.6 is 22.6 Å². The van der Waals surface area contributed by atoms with E-state index in [9.17, 15) is 4.79 Å². The molecule has 0 saturated heterocycles. The highest BCUT2D eigenvalue weighted by Gasteiger charge is 2.12. The molecule has 0 amide bonds. The Morgan fingerprint density at radius 3 is 2.85 bits per heavy atom. The summed E-state index contributed by atoms with van der Waals surface area (Å²) in [7, 11) is 0.888. The Morgan fingerprint density at radius 2 is 2.31 bits per heavy atom. The molecular formula is C9H11IO2Si. The average molecular weight is 306 g/mol. The van der Waals surface area contributed by atoms with E-state index in [0.29, 0.717) is 11.8 Å². The predicted octanol–water partition coefficient (Wildman–Crippen LogP) is 1.08. The molecule has 0 N–H and O–H groups in total. The molecule has 2 nitrogen and oxygen atoms in total. The first-order valence-electron chi connectivity index (χ1n) is 4.09. The third kappa shape index (κ3) is 2.54. The van der Waals surface area contributed by atoms with Crippen molar-refractivity contribution in [1.82, 2.24) is 0 Å². The van der Waals surface area contributed by atoms with Crippen LogP contribution in [0, 0.1) is 10.5 Å². The summed E-state index contributed by atoms with van der Waals surface area (Å²) in [5, 5.41) is 0. The van der Waals surface area contributed by atoms with Gasteiger partial charge < -0.3 is 4.74 Å². The summed E-state index contributed by atoms with van der Waals surface area (Å²) in [4.78, 5) is 11.5. The highest BCUT2D eigenvalue weighted by atomic mass is 127. The van der Waals surface area contributed by atoms with Gasteiger partial charge in [-0.2, -0.15) is 0 Å². The number of aryl methyl sites for hydroxylation is 1. The zero-order chi connectivity index (χ0) is 9.84. The largest absolute Gasteiger partial charge is 0.467 e. The molecule has 70 valence electrons. The number of halogens is 1. The molecule has 13 heavy (non-hydrogen) atoms. The van der Waals surface area contributed by atoms with Gasteiger partial charge in [-0.15, -0.1) is 0 Å². The van der Waals surface area contributed by atoms with E-state index >= 15 is 0 Å². The minimum Gasteiger partial charge on any atom is -0.467 e. The van der Waals surface area contributed by atoms with Crippen molar-refractivity contribution in [1.29, 1.82) is 0 Å². The minimum absolute atomic E-state index is 0.197. The highest BCUT2D eigenvalue weighted by molar-refractivity contribution is 14.1. The fourth-order valence-corrected chi connectivity index (χ4v) is 2.21. The van der Waals surface area contributed by atoms with Crippen LogP contribution in [0.25, 0.3) is 0 Å². The summed E-state index contributed by atoms with van der Waals surface area (Å²) in [6.07, 6.45) is 0.559. The van der Waals surface area contributed by atoms with E-state index in [4.69, 9.17) is 4.74 Å². The minimum atomic E-state index is -0.197. The summed E-state index contributed by atoms with van der Waals surface area (Å²) in [6, 6.07) is 5.78. The molecule has 0 aliphatic carbocycles. The molecule has 0 atom stereocenters. The van der Waals surface area contributed by atoms with Gasteiger partial charge >= 0.3 is 5.97 Å². The number of ether oxygens (including phenoxy) is 1. The zero-order valence-corrected chi connectivity index (χ0v) is 11.8. The van der Waals surface area contributed by atoms with Gasteiger partial charge in [0.2, 0.25) is 0 Å². The number of carbonyl (C=O) groups excluding carboxylic acids is 1. The first kappa shape index (κ1) is 10.7. The SMILES string of the molecule is Cc1cccc(I)c1C(=O)OC[SiH3]. The maximum atomic E-state index is 11.5. The zero-order valence-electron chi connectivity index (χ0n) is 7.63.